The first-order valence-electron chi connectivity index (χ1n) is 9.49. The summed E-state index contributed by atoms with van der Waals surface area (Å²) in [5.41, 5.74) is 2.02. The van der Waals surface area contributed by atoms with Gasteiger partial charge in [0.25, 0.3) is 0 Å². The van der Waals surface area contributed by atoms with E-state index in [1.54, 1.807) is 23.9 Å². The molecule has 7 heteroatoms. The lowest BCUT2D eigenvalue weighted by molar-refractivity contribution is -0.134. The minimum atomic E-state index is -3.28. The van der Waals surface area contributed by atoms with Crippen LogP contribution in [0.2, 0.25) is 0 Å². The predicted molar refractivity (Wildman–Crippen MR) is 112 cm³/mol. The number of amides is 1. The average Bonchev–Trinajstić information content (AvgIpc) is 2.67. The number of rotatable bonds is 4. The van der Waals surface area contributed by atoms with Crippen molar-refractivity contribution in [2.75, 3.05) is 24.7 Å². The molecule has 0 saturated carbocycles. The van der Waals surface area contributed by atoms with Gasteiger partial charge in [0.05, 0.1) is 16.3 Å². The Bertz CT molecular complexity index is 1020. The van der Waals surface area contributed by atoms with Gasteiger partial charge in [0.15, 0.2) is 9.84 Å². The molecule has 0 aliphatic carbocycles. The van der Waals surface area contributed by atoms with Crippen molar-refractivity contribution in [2.45, 2.75) is 46.4 Å². The van der Waals surface area contributed by atoms with Crippen LogP contribution in [0.15, 0.2) is 57.2 Å². The maximum absolute atomic E-state index is 12.1. The number of carbonyl (C=O) groups excluding carboxylic acids is 1. The molecule has 1 fully saturated rings. The van der Waals surface area contributed by atoms with Gasteiger partial charge in [-0.3, -0.25) is 4.79 Å². The van der Waals surface area contributed by atoms with Crippen LogP contribution in [0, 0.1) is 0 Å². The molecule has 2 heterocycles. The monoisotopic (exact) mass is 416 g/mol. The fourth-order valence-electron chi connectivity index (χ4n) is 3.96. The third kappa shape index (κ3) is 3.65. The number of piperidine rings is 1. The van der Waals surface area contributed by atoms with Crippen LogP contribution in [-0.4, -0.2) is 45.1 Å². The zero-order valence-electron chi connectivity index (χ0n) is 16.1. The summed E-state index contributed by atoms with van der Waals surface area (Å²) in [5.74, 6) is 0.214. The maximum Gasteiger partial charge on any atom is 0.222 e. The van der Waals surface area contributed by atoms with E-state index >= 15 is 0 Å². The Morgan fingerprint density at radius 3 is 2.64 bits per heavy atom. The molecular formula is C21H24N2O3S2. The SMILES string of the molecule is CN1C(=O)CCCC1CCN1c2ccccc2Sc2ccc(S(C)(=O)=O)cc21. The van der Waals surface area contributed by atoms with Crippen molar-refractivity contribution in [1.82, 2.24) is 4.90 Å². The average molecular weight is 417 g/mol. The normalized spacial score (nSPS) is 19.4. The molecule has 2 aliphatic rings. The number of hydrogen-bond donors (Lipinski definition) is 0. The van der Waals surface area contributed by atoms with Crippen LogP contribution in [0.4, 0.5) is 11.4 Å². The summed E-state index contributed by atoms with van der Waals surface area (Å²) in [7, 11) is -1.39. The molecule has 0 N–H and O–H groups in total. The predicted octanol–water partition coefficient (Wildman–Crippen LogP) is 4.09. The van der Waals surface area contributed by atoms with Crippen LogP contribution in [0.1, 0.15) is 25.7 Å². The Hall–Kier alpha value is -1.99. The van der Waals surface area contributed by atoms with Crippen molar-refractivity contribution in [2.24, 2.45) is 0 Å². The van der Waals surface area contributed by atoms with E-state index in [0.717, 1.165) is 47.0 Å². The van der Waals surface area contributed by atoms with Crippen molar-refractivity contribution >= 4 is 38.9 Å². The third-order valence-electron chi connectivity index (χ3n) is 5.58. The summed E-state index contributed by atoms with van der Waals surface area (Å²) in [6, 6.07) is 13.8. The Balaban J connectivity index is 1.68. The first kappa shape index (κ1) is 19.3. The Labute approximate surface area is 170 Å². The van der Waals surface area contributed by atoms with Gasteiger partial charge in [0.1, 0.15) is 0 Å². The highest BCUT2D eigenvalue weighted by Crippen LogP contribution is 2.48. The van der Waals surface area contributed by atoms with Gasteiger partial charge >= 0.3 is 0 Å². The molecule has 0 radical (unpaired) electrons. The molecule has 1 atom stereocenters. The van der Waals surface area contributed by atoms with Gasteiger partial charge in [-0.2, -0.15) is 0 Å². The molecule has 1 unspecified atom stereocenters. The van der Waals surface area contributed by atoms with Crippen LogP contribution in [-0.2, 0) is 14.6 Å². The topological polar surface area (TPSA) is 57.7 Å². The second kappa shape index (κ2) is 7.44. The number of hydrogen-bond acceptors (Lipinski definition) is 5. The molecule has 2 aliphatic heterocycles. The van der Waals surface area contributed by atoms with Gasteiger partial charge in [-0.05, 0) is 49.6 Å². The highest BCUT2D eigenvalue weighted by Gasteiger charge is 2.28. The quantitative estimate of drug-likeness (QED) is 0.751. The van der Waals surface area contributed by atoms with E-state index < -0.39 is 9.84 Å². The van der Waals surface area contributed by atoms with Crippen molar-refractivity contribution in [3.8, 4) is 0 Å². The van der Waals surface area contributed by atoms with E-state index in [1.807, 2.05) is 30.1 Å². The first-order chi connectivity index (χ1) is 13.3. The molecule has 5 nitrogen and oxygen atoms in total. The second-order valence-electron chi connectivity index (χ2n) is 7.46. The van der Waals surface area contributed by atoms with Crippen molar-refractivity contribution in [1.29, 1.82) is 0 Å². The van der Waals surface area contributed by atoms with E-state index in [-0.39, 0.29) is 11.9 Å². The van der Waals surface area contributed by atoms with Gasteiger partial charge in [0.2, 0.25) is 5.91 Å². The summed E-state index contributed by atoms with van der Waals surface area (Å²) in [6.07, 6.45) is 4.68. The number of para-hydroxylation sites is 1. The zero-order valence-corrected chi connectivity index (χ0v) is 17.7. The first-order valence-corrected chi connectivity index (χ1v) is 12.2. The Morgan fingerprint density at radius 1 is 1.11 bits per heavy atom. The van der Waals surface area contributed by atoms with Gasteiger partial charge in [-0.25, -0.2) is 8.42 Å². The fraction of sp³-hybridized carbons (Fsp3) is 0.381. The number of carbonyl (C=O) groups is 1. The lowest BCUT2D eigenvalue weighted by Gasteiger charge is -2.37. The molecule has 0 spiro atoms. The van der Waals surface area contributed by atoms with Crippen molar-refractivity contribution in [3.05, 3.63) is 42.5 Å². The van der Waals surface area contributed by atoms with Gasteiger partial charge < -0.3 is 9.80 Å². The molecule has 1 saturated heterocycles. The summed E-state index contributed by atoms with van der Waals surface area (Å²) in [5, 5.41) is 0. The van der Waals surface area contributed by atoms with Crippen LogP contribution >= 0.6 is 11.8 Å². The van der Waals surface area contributed by atoms with Gasteiger partial charge in [0, 0.05) is 42.1 Å². The smallest absolute Gasteiger partial charge is 0.222 e. The molecule has 28 heavy (non-hydrogen) atoms. The Kier molecular flexibility index (Phi) is 5.14. The van der Waals surface area contributed by atoms with E-state index in [4.69, 9.17) is 0 Å². The fourth-order valence-corrected chi connectivity index (χ4v) is 5.68. The molecule has 2 aromatic rings. The van der Waals surface area contributed by atoms with E-state index in [1.165, 1.54) is 6.26 Å². The molecule has 1 amide bonds. The van der Waals surface area contributed by atoms with Crippen molar-refractivity contribution in [3.63, 3.8) is 0 Å². The molecule has 4 rings (SSSR count). The van der Waals surface area contributed by atoms with E-state index in [0.29, 0.717) is 11.3 Å². The van der Waals surface area contributed by atoms with Crippen LogP contribution in [0.3, 0.4) is 0 Å². The molecule has 0 bridgehead atoms. The number of sulfone groups is 1. The van der Waals surface area contributed by atoms with E-state index in [9.17, 15) is 13.2 Å². The lowest BCUT2D eigenvalue weighted by atomic mass is 9.99. The number of anilines is 2. The molecule has 0 aromatic heterocycles. The summed E-state index contributed by atoms with van der Waals surface area (Å²) < 4.78 is 24.2. The molecular weight excluding hydrogens is 392 g/mol. The largest absolute Gasteiger partial charge is 0.343 e. The Morgan fingerprint density at radius 2 is 1.86 bits per heavy atom. The summed E-state index contributed by atoms with van der Waals surface area (Å²) in [6.45, 7) is 0.736. The molecule has 2 aromatic carbocycles. The highest BCUT2D eigenvalue weighted by atomic mass is 32.2. The minimum absolute atomic E-state index is 0.214. The number of likely N-dealkylation sites (tertiary alicyclic amines) is 1. The third-order valence-corrected chi connectivity index (χ3v) is 7.82. The summed E-state index contributed by atoms with van der Waals surface area (Å²) >= 11 is 1.67. The summed E-state index contributed by atoms with van der Waals surface area (Å²) in [4.78, 5) is 18.7. The number of fused-ring (bicyclic) bond motifs is 2. The van der Waals surface area contributed by atoms with Crippen molar-refractivity contribution < 1.29 is 13.2 Å². The van der Waals surface area contributed by atoms with Crippen LogP contribution in [0.5, 0.6) is 0 Å². The van der Waals surface area contributed by atoms with E-state index in [2.05, 4.69) is 17.0 Å². The maximum atomic E-state index is 12.1. The zero-order chi connectivity index (χ0) is 19.9. The van der Waals surface area contributed by atoms with Gasteiger partial charge in [-0.15, -0.1) is 0 Å². The molecule has 148 valence electrons. The minimum Gasteiger partial charge on any atom is -0.343 e. The lowest BCUT2D eigenvalue weighted by Crippen LogP contribution is -2.42. The number of nitrogens with zero attached hydrogens (tertiary/aromatic N) is 2. The highest BCUT2D eigenvalue weighted by molar-refractivity contribution is 7.99. The van der Waals surface area contributed by atoms with Gasteiger partial charge in [-0.1, -0.05) is 23.9 Å². The van der Waals surface area contributed by atoms with Crippen LogP contribution in [0.25, 0.3) is 0 Å². The standard InChI is InChI=1S/C21H24N2O3S2/c1-22-15(6-5-9-21(22)24)12-13-23-17-7-3-4-8-19(17)27-20-11-10-16(14-18(20)23)28(2,25)26/h3-4,7-8,10-11,14-15H,5-6,9,12-13H2,1-2H3. The van der Waals surface area contributed by atoms with Crippen LogP contribution < -0.4 is 4.90 Å². The second-order valence-corrected chi connectivity index (χ2v) is 10.6. The number of benzene rings is 2.